The maximum atomic E-state index is 11.8. The number of rotatable bonds is 3. The summed E-state index contributed by atoms with van der Waals surface area (Å²) in [6.45, 7) is 1.70. The molecule has 0 aliphatic carbocycles. The smallest absolute Gasteiger partial charge is 0.315 e. The Labute approximate surface area is 128 Å². The average molecular weight is 333 g/mol. The third-order valence-electron chi connectivity index (χ3n) is 3.67. The molecule has 116 valence electrons. The molecule has 1 fully saturated rings. The van der Waals surface area contributed by atoms with E-state index < -0.39 is 21.1 Å². The predicted molar refractivity (Wildman–Crippen MR) is 80.1 cm³/mol. The van der Waals surface area contributed by atoms with Gasteiger partial charge in [0.25, 0.3) is 0 Å². The third kappa shape index (κ3) is 3.59. The fourth-order valence-corrected chi connectivity index (χ4v) is 4.10. The number of phenolic OH excluding ortho intramolecular Hbond substituents is 1. The summed E-state index contributed by atoms with van der Waals surface area (Å²) in [6, 6.07) is 4.00. The van der Waals surface area contributed by atoms with Crippen LogP contribution in [0.15, 0.2) is 18.2 Å². The third-order valence-corrected chi connectivity index (χ3v) is 6.24. The van der Waals surface area contributed by atoms with Gasteiger partial charge in [-0.3, -0.25) is 0 Å². The first-order valence-corrected chi connectivity index (χ1v) is 8.63. The van der Waals surface area contributed by atoms with E-state index in [0.29, 0.717) is 12.0 Å². The van der Waals surface area contributed by atoms with Crippen LogP contribution in [-0.2, 0) is 16.4 Å². The van der Waals surface area contributed by atoms with E-state index in [4.69, 9.17) is 11.6 Å². The SMILES string of the molecule is C[C@@H]1[C@H](NC(=O)NCc2cccc(Cl)c2O)CCS1(=O)=O. The number of amides is 2. The molecule has 1 heterocycles. The van der Waals surface area contributed by atoms with Crippen LogP contribution in [0.1, 0.15) is 18.9 Å². The van der Waals surface area contributed by atoms with E-state index in [0.717, 1.165) is 0 Å². The zero-order valence-electron chi connectivity index (χ0n) is 11.5. The van der Waals surface area contributed by atoms with Crippen molar-refractivity contribution in [3.8, 4) is 5.75 Å². The van der Waals surface area contributed by atoms with E-state index in [1.807, 2.05) is 0 Å². The van der Waals surface area contributed by atoms with Gasteiger partial charge in [-0.15, -0.1) is 0 Å². The molecule has 2 amide bonds. The minimum Gasteiger partial charge on any atom is -0.506 e. The summed E-state index contributed by atoms with van der Waals surface area (Å²) in [7, 11) is -3.10. The van der Waals surface area contributed by atoms with Crippen molar-refractivity contribution in [2.75, 3.05) is 5.75 Å². The summed E-state index contributed by atoms with van der Waals surface area (Å²) >= 11 is 5.77. The lowest BCUT2D eigenvalue weighted by Crippen LogP contribution is -2.45. The lowest BCUT2D eigenvalue weighted by Gasteiger charge is -2.17. The van der Waals surface area contributed by atoms with Crippen molar-refractivity contribution in [1.82, 2.24) is 10.6 Å². The van der Waals surface area contributed by atoms with E-state index in [-0.39, 0.29) is 29.1 Å². The van der Waals surface area contributed by atoms with Gasteiger partial charge in [-0.1, -0.05) is 23.7 Å². The summed E-state index contributed by atoms with van der Waals surface area (Å²) < 4.78 is 23.2. The number of aromatic hydroxyl groups is 1. The Bertz CT molecular complexity index is 648. The largest absolute Gasteiger partial charge is 0.506 e. The highest BCUT2D eigenvalue weighted by Crippen LogP contribution is 2.26. The molecule has 1 aliphatic heterocycles. The topological polar surface area (TPSA) is 95.5 Å². The summed E-state index contributed by atoms with van der Waals surface area (Å²) in [6.07, 6.45) is 0.416. The highest BCUT2D eigenvalue weighted by molar-refractivity contribution is 7.92. The molecule has 1 aromatic rings. The highest BCUT2D eigenvalue weighted by Gasteiger charge is 2.37. The molecular weight excluding hydrogens is 316 g/mol. The number of nitrogens with one attached hydrogen (secondary N) is 2. The second-order valence-electron chi connectivity index (χ2n) is 5.04. The van der Waals surface area contributed by atoms with E-state index >= 15 is 0 Å². The monoisotopic (exact) mass is 332 g/mol. The van der Waals surface area contributed by atoms with Crippen LogP contribution >= 0.6 is 11.6 Å². The number of phenols is 1. The molecule has 0 radical (unpaired) electrons. The summed E-state index contributed by atoms with van der Waals surface area (Å²) in [5.41, 5.74) is 0.491. The number of halogens is 1. The van der Waals surface area contributed by atoms with Crippen LogP contribution in [0.3, 0.4) is 0 Å². The van der Waals surface area contributed by atoms with Crippen molar-refractivity contribution in [2.24, 2.45) is 0 Å². The van der Waals surface area contributed by atoms with Gasteiger partial charge in [-0.25, -0.2) is 13.2 Å². The van der Waals surface area contributed by atoms with Crippen molar-refractivity contribution in [3.05, 3.63) is 28.8 Å². The zero-order valence-corrected chi connectivity index (χ0v) is 13.0. The number of carbonyl (C=O) groups excluding carboxylic acids is 1. The van der Waals surface area contributed by atoms with Crippen molar-refractivity contribution in [3.63, 3.8) is 0 Å². The van der Waals surface area contributed by atoms with E-state index in [1.54, 1.807) is 25.1 Å². The predicted octanol–water partition coefficient (Wildman–Crippen LogP) is 1.42. The van der Waals surface area contributed by atoms with Crippen molar-refractivity contribution in [2.45, 2.75) is 31.2 Å². The van der Waals surface area contributed by atoms with E-state index in [1.165, 1.54) is 0 Å². The lowest BCUT2D eigenvalue weighted by atomic mass is 10.2. The van der Waals surface area contributed by atoms with Gasteiger partial charge in [0, 0.05) is 18.2 Å². The van der Waals surface area contributed by atoms with Gasteiger partial charge in [0.05, 0.1) is 16.0 Å². The van der Waals surface area contributed by atoms with E-state index in [2.05, 4.69) is 10.6 Å². The van der Waals surface area contributed by atoms with Gasteiger partial charge < -0.3 is 15.7 Å². The average Bonchev–Trinajstić information content (AvgIpc) is 2.67. The summed E-state index contributed by atoms with van der Waals surface area (Å²) in [4.78, 5) is 11.8. The molecule has 0 unspecified atom stereocenters. The Kier molecular flexibility index (Phi) is 4.63. The fourth-order valence-electron chi connectivity index (χ4n) is 2.25. The first-order valence-electron chi connectivity index (χ1n) is 6.53. The van der Waals surface area contributed by atoms with Crippen LogP contribution in [0.5, 0.6) is 5.75 Å². The Morgan fingerprint density at radius 3 is 2.81 bits per heavy atom. The van der Waals surface area contributed by atoms with Crippen molar-refractivity contribution in [1.29, 1.82) is 0 Å². The van der Waals surface area contributed by atoms with Crippen LogP contribution in [0.4, 0.5) is 4.79 Å². The molecule has 0 aromatic heterocycles. The molecule has 2 rings (SSSR count). The molecule has 0 saturated carbocycles. The number of urea groups is 1. The molecule has 1 aromatic carbocycles. The highest BCUT2D eigenvalue weighted by atomic mass is 35.5. The number of hydrogen-bond donors (Lipinski definition) is 3. The van der Waals surface area contributed by atoms with Gasteiger partial charge in [-0.05, 0) is 19.4 Å². The number of hydrogen-bond acceptors (Lipinski definition) is 4. The van der Waals surface area contributed by atoms with Gasteiger partial charge in [-0.2, -0.15) is 0 Å². The van der Waals surface area contributed by atoms with E-state index in [9.17, 15) is 18.3 Å². The molecule has 0 bridgehead atoms. The van der Waals surface area contributed by atoms with Crippen LogP contribution in [0.25, 0.3) is 0 Å². The Morgan fingerprint density at radius 2 is 2.19 bits per heavy atom. The van der Waals surface area contributed by atoms with Crippen LogP contribution in [0.2, 0.25) is 5.02 Å². The molecule has 2 atom stereocenters. The lowest BCUT2D eigenvalue weighted by molar-refractivity contribution is 0.236. The second-order valence-corrected chi connectivity index (χ2v) is 7.93. The van der Waals surface area contributed by atoms with Gasteiger partial charge >= 0.3 is 6.03 Å². The number of sulfone groups is 1. The van der Waals surface area contributed by atoms with Crippen molar-refractivity contribution >= 4 is 27.5 Å². The molecule has 0 spiro atoms. The van der Waals surface area contributed by atoms with Gasteiger partial charge in [0.15, 0.2) is 9.84 Å². The minimum atomic E-state index is -3.10. The van der Waals surface area contributed by atoms with Gasteiger partial charge in [0.2, 0.25) is 0 Å². The molecule has 21 heavy (non-hydrogen) atoms. The molecule has 8 heteroatoms. The Hall–Kier alpha value is -1.47. The molecule has 1 saturated heterocycles. The maximum Gasteiger partial charge on any atom is 0.315 e. The second kappa shape index (κ2) is 6.11. The van der Waals surface area contributed by atoms with Crippen LogP contribution < -0.4 is 10.6 Å². The minimum absolute atomic E-state index is 0.0729. The number of carbonyl (C=O) groups is 1. The Balaban J connectivity index is 1.90. The van der Waals surface area contributed by atoms with Crippen LogP contribution in [0, 0.1) is 0 Å². The fraction of sp³-hybridized carbons (Fsp3) is 0.462. The summed E-state index contributed by atoms with van der Waals surface area (Å²) in [5.74, 6) is 0.0186. The molecular formula is C13H17ClN2O4S. The standard InChI is InChI=1S/C13H17ClN2O4S/c1-8-11(5-6-21(8,19)20)16-13(18)15-7-9-3-2-4-10(14)12(9)17/h2-4,8,11,17H,5-7H2,1H3,(H2,15,16,18)/t8-,11-/m1/s1. The van der Waals surface area contributed by atoms with Crippen LogP contribution in [-0.4, -0.2) is 36.6 Å². The molecule has 3 N–H and O–H groups in total. The van der Waals surface area contributed by atoms with Crippen molar-refractivity contribution < 1.29 is 18.3 Å². The normalized spacial score (nSPS) is 23.7. The Morgan fingerprint density at radius 1 is 1.48 bits per heavy atom. The number of para-hydroxylation sites is 1. The first-order chi connectivity index (χ1) is 9.81. The maximum absolute atomic E-state index is 11.8. The first kappa shape index (κ1) is 15.9. The quantitative estimate of drug-likeness (QED) is 0.780. The summed E-state index contributed by atoms with van der Waals surface area (Å²) in [5, 5.41) is 14.6. The number of benzene rings is 1. The zero-order chi connectivity index (χ0) is 15.6. The van der Waals surface area contributed by atoms with Gasteiger partial charge in [0.1, 0.15) is 5.75 Å². The molecule has 1 aliphatic rings. The molecule has 6 nitrogen and oxygen atoms in total.